The van der Waals surface area contributed by atoms with Crippen LogP contribution in [0, 0.1) is 18.8 Å². The van der Waals surface area contributed by atoms with E-state index in [9.17, 15) is 4.79 Å². The fourth-order valence-corrected chi connectivity index (χ4v) is 2.24. The highest BCUT2D eigenvalue weighted by molar-refractivity contribution is 5.69. The monoisotopic (exact) mass is 293 g/mol. The van der Waals surface area contributed by atoms with E-state index >= 15 is 0 Å². The molecule has 0 radical (unpaired) electrons. The van der Waals surface area contributed by atoms with Gasteiger partial charge in [-0.15, -0.1) is 0 Å². The second-order valence-corrected chi connectivity index (χ2v) is 6.06. The first-order valence-electron chi connectivity index (χ1n) is 7.53. The number of carboxylic acids is 1. The zero-order valence-electron chi connectivity index (χ0n) is 13.5. The fraction of sp³-hybridized carbons (Fsp3) is 0.588. The lowest BCUT2D eigenvalue weighted by molar-refractivity contribution is -0.141. The zero-order chi connectivity index (χ0) is 15.8. The number of hydrogen-bond acceptors (Lipinski definition) is 3. The minimum absolute atomic E-state index is 0.359. The van der Waals surface area contributed by atoms with Crippen LogP contribution in [0.3, 0.4) is 0 Å². The summed E-state index contributed by atoms with van der Waals surface area (Å²) >= 11 is 0. The largest absolute Gasteiger partial charge is 0.492 e. The lowest BCUT2D eigenvalue weighted by atomic mass is 10.1. The summed E-state index contributed by atoms with van der Waals surface area (Å²) in [5.41, 5.74) is 1.17. The molecule has 1 aromatic carbocycles. The summed E-state index contributed by atoms with van der Waals surface area (Å²) in [5.74, 6) is 0.266. The maximum absolute atomic E-state index is 11.0. The van der Waals surface area contributed by atoms with E-state index in [1.165, 1.54) is 5.56 Å². The van der Waals surface area contributed by atoms with Gasteiger partial charge < -0.3 is 9.84 Å². The number of benzene rings is 1. The summed E-state index contributed by atoms with van der Waals surface area (Å²) < 4.78 is 5.75. The Bertz CT molecular complexity index is 445. The van der Waals surface area contributed by atoms with Crippen molar-refractivity contribution in [3.05, 3.63) is 29.8 Å². The Balaban J connectivity index is 2.47. The molecular weight excluding hydrogens is 266 g/mol. The standard InChI is InChI=1S/C17H27NO3/c1-13(2)11-18(12-15(4)17(19)20)8-9-21-16-7-5-6-14(3)10-16/h5-7,10,13,15H,8-9,11-12H2,1-4H3,(H,19,20). The van der Waals surface area contributed by atoms with Gasteiger partial charge in [0.15, 0.2) is 0 Å². The molecule has 0 spiro atoms. The van der Waals surface area contributed by atoms with Crippen molar-refractivity contribution in [3.63, 3.8) is 0 Å². The number of hydrogen-bond donors (Lipinski definition) is 1. The maximum atomic E-state index is 11.0. The molecule has 0 aromatic heterocycles. The van der Waals surface area contributed by atoms with Crippen LogP contribution in [0.25, 0.3) is 0 Å². The van der Waals surface area contributed by atoms with Crippen LogP contribution in [-0.2, 0) is 4.79 Å². The lowest BCUT2D eigenvalue weighted by Gasteiger charge is -2.25. The van der Waals surface area contributed by atoms with E-state index < -0.39 is 5.97 Å². The molecule has 21 heavy (non-hydrogen) atoms. The normalized spacial score (nSPS) is 12.7. The summed E-state index contributed by atoms with van der Waals surface area (Å²) in [7, 11) is 0. The van der Waals surface area contributed by atoms with E-state index in [0.29, 0.717) is 19.1 Å². The molecule has 0 aliphatic heterocycles. The Labute approximate surface area is 127 Å². The number of aliphatic carboxylic acids is 1. The summed E-state index contributed by atoms with van der Waals surface area (Å²) in [6, 6.07) is 7.96. The average Bonchev–Trinajstić information content (AvgIpc) is 2.37. The minimum Gasteiger partial charge on any atom is -0.492 e. The van der Waals surface area contributed by atoms with Crippen LogP contribution in [0.15, 0.2) is 24.3 Å². The fourth-order valence-electron chi connectivity index (χ4n) is 2.24. The topological polar surface area (TPSA) is 49.8 Å². The Morgan fingerprint density at radius 1 is 1.29 bits per heavy atom. The van der Waals surface area contributed by atoms with Crippen LogP contribution < -0.4 is 4.74 Å². The molecule has 118 valence electrons. The molecule has 0 heterocycles. The predicted octanol–water partition coefficient (Wildman–Crippen LogP) is 3.05. The molecule has 0 fully saturated rings. The number of rotatable bonds is 9. The van der Waals surface area contributed by atoms with E-state index in [1.54, 1.807) is 6.92 Å². The van der Waals surface area contributed by atoms with E-state index in [4.69, 9.17) is 9.84 Å². The first-order valence-corrected chi connectivity index (χ1v) is 7.53. The predicted molar refractivity (Wildman–Crippen MR) is 84.8 cm³/mol. The molecule has 0 saturated carbocycles. The maximum Gasteiger partial charge on any atom is 0.307 e. The van der Waals surface area contributed by atoms with Crippen molar-refractivity contribution in [1.82, 2.24) is 4.90 Å². The first kappa shape index (κ1) is 17.5. The molecule has 0 saturated heterocycles. The van der Waals surface area contributed by atoms with Crippen molar-refractivity contribution in [2.24, 2.45) is 11.8 Å². The van der Waals surface area contributed by atoms with E-state index in [0.717, 1.165) is 18.8 Å². The van der Waals surface area contributed by atoms with Gasteiger partial charge in [-0.3, -0.25) is 9.69 Å². The van der Waals surface area contributed by atoms with Gasteiger partial charge in [0.2, 0.25) is 0 Å². The molecular formula is C17H27NO3. The van der Waals surface area contributed by atoms with Crippen LogP contribution in [0.5, 0.6) is 5.75 Å². The van der Waals surface area contributed by atoms with Crippen LogP contribution >= 0.6 is 0 Å². The van der Waals surface area contributed by atoms with Gasteiger partial charge in [0, 0.05) is 19.6 Å². The smallest absolute Gasteiger partial charge is 0.307 e. The Hall–Kier alpha value is -1.55. The van der Waals surface area contributed by atoms with Crippen molar-refractivity contribution < 1.29 is 14.6 Å². The Kier molecular flexibility index (Phi) is 7.23. The first-order chi connectivity index (χ1) is 9.88. The molecule has 1 N–H and O–H groups in total. The molecule has 0 amide bonds. The summed E-state index contributed by atoms with van der Waals surface area (Å²) in [6.07, 6.45) is 0. The van der Waals surface area contributed by atoms with Crippen molar-refractivity contribution in [2.45, 2.75) is 27.7 Å². The van der Waals surface area contributed by atoms with Crippen LogP contribution in [0.2, 0.25) is 0 Å². The van der Waals surface area contributed by atoms with Gasteiger partial charge in [0.05, 0.1) is 5.92 Å². The van der Waals surface area contributed by atoms with Gasteiger partial charge in [-0.25, -0.2) is 0 Å². The molecule has 0 bridgehead atoms. The summed E-state index contributed by atoms with van der Waals surface area (Å²) in [6.45, 7) is 10.8. The highest BCUT2D eigenvalue weighted by Crippen LogP contribution is 2.12. The lowest BCUT2D eigenvalue weighted by Crippen LogP contribution is -2.37. The Morgan fingerprint density at radius 3 is 2.57 bits per heavy atom. The third kappa shape index (κ3) is 7.14. The molecule has 1 aromatic rings. The second kappa shape index (κ2) is 8.67. The molecule has 4 nitrogen and oxygen atoms in total. The number of carbonyl (C=O) groups is 1. The molecule has 1 unspecified atom stereocenters. The van der Waals surface area contributed by atoms with E-state index in [1.807, 2.05) is 31.2 Å². The molecule has 0 aliphatic rings. The number of aryl methyl sites for hydroxylation is 1. The second-order valence-electron chi connectivity index (χ2n) is 6.06. The van der Waals surface area contributed by atoms with Crippen LogP contribution in [0.4, 0.5) is 0 Å². The van der Waals surface area contributed by atoms with Gasteiger partial charge >= 0.3 is 5.97 Å². The molecule has 0 aliphatic carbocycles. The van der Waals surface area contributed by atoms with E-state index in [2.05, 4.69) is 18.7 Å². The van der Waals surface area contributed by atoms with Gasteiger partial charge in [-0.1, -0.05) is 32.9 Å². The zero-order valence-corrected chi connectivity index (χ0v) is 13.5. The molecule has 1 rings (SSSR count). The third-order valence-corrected chi connectivity index (χ3v) is 3.24. The van der Waals surface area contributed by atoms with Gasteiger partial charge in [-0.05, 0) is 30.5 Å². The average molecular weight is 293 g/mol. The summed E-state index contributed by atoms with van der Waals surface area (Å²) in [5, 5.41) is 9.04. The van der Waals surface area contributed by atoms with Crippen molar-refractivity contribution in [3.8, 4) is 5.75 Å². The minimum atomic E-state index is -0.747. The summed E-state index contributed by atoms with van der Waals surface area (Å²) in [4.78, 5) is 13.2. The van der Waals surface area contributed by atoms with Crippen molar-refractivity contribution >= 4 is 5.97 Å². The Morgan fingerprint density at radius 2 is 2.00 bits per heavy atom. The molecule has 4 heteroatoms. The third-order valence-electron chi connectivity index (χ3n) is 3.24. The highest BCUT2D eigenvalue weighted by atomic mass is 16.5. The van der Waals surface area contributed by atoms with Crippen LogP contribution in [-0.4, -0.2) is 42.2 Å². The number of carboxylic acid groups (broad SMARTS) is 1. The van der Waals surface area contributed by atoms with Gasteiger partial charge in [0.1, 0.15) is 12.4 Å². The van der Waals surface area contributed by atoms with Gasteiger partial charge in [0.25, 0.3) is 0 Å². The SMILES string of the molecule is Cc1cccc(OCCN(CC(C)C)CC(C)C(=O)O)c1. The quantitative estimate of drug-likeness (QED) is 0.760. The number of nitrogens with zero attached hydrogens (tertiary/aromatic N) is 1. The van der Waals surface area contributed by atoms with Crippen LogP contribution in [0.1, 0.15) is 26.3 Å². The highest BCUT2D eigenvalue weighted by Gasteiger charge is 2.16. The van der Waals surface area contributed by atoms with Crippen molar-refractivity contribution in [2.75, 3.05) is 26.2 Å². The molecule has 1 atom stereocenters. The van der Waals surface area contributed by atoms with E-state index in [-0.39, 0.29) is 5.92 Å². The number of ether oxygens (including phenoxy) is 1. The van der Waals surface area contributed by atoms with Gasteiger partial charge in [-0.2, -0.15) is 0 Å². The van der Waals surface area contributed by atoms with Crippen molar-refractivity contribution in [1.29, 1.82) is 0 Å².